The number of hydrogen-bond donors (Lipinski definition) is 4. The predicted molar refractivity (Wildman–Crippen MR) is 134 cm³/mol. The molecule has 1 heterocycles. The van der Waals surface area contributed by atoms with Crippen molar-refractivity contribution in [1.82, 2.24) is 15.5 Å². The Morgan fingerprint density at radius 3 is 2.47 bits per heavy atom. The molecule has 8 heteroatoms. The van der Waals surface area contributed by atoms with Gasteiger partial charge in [0.05, 0.1) is 18.2 Å². The summed E-state index contributed by atoms with van der Waals surface area (Å²) in [6.45, 7) is 10.4. The second-order valence-corrected chi connectivity index (χ2v) is 10.4. The molecule has 1 aromatic rings. The number of aliphatic hydroxyl groups is 1. The maximum atomic E-state index is 12.4. The van der Waals surface area contributed by atoms with E-state index in [1.165, 1.54) is 0 Å². The van der Waals surface area contributed by atoms with E-state index < -0.39 is 18.2 Å². The van der Waals surface area contributed by atoms with E-state index >= 15 is 0 Å². The first-order valence-corrected chi connectivity index (χ1v) is 12.6. The van der Waals surface area contributed by atoms with E-state index in [9.17, 15) is 14.7 Å². The number of likely N-dealkylation sites (tertiary alicyclic amines) is 1. The van der Waals surface area contributed by atoms with E-state index in [4.69, 9.17) is 10.5 Å². The lowest BCUT2D eigenvalue weighted by atomic mass is 10.0. The third-order valence-electron chi connectivity index (χ3n) is 6.06. The molecule has 5 N–H and O–H groups in total. The highest BCUT2D eigenvalue weighted by molar-refractivity contribution is 5.81. The lowest BCUT2D eigenvalue weighted by molar-refractivity contribution is -0.124. The van der Waals surface area contributed by atoms with E-state index in [2.05, 4.69) is 29.4 Å². The maximum absolute atomic E-state index is 12.4. The van der Waals surface area contributed by atoms with Crippen LogP contribution in [-0.4, -0.2) is 65.9 Å². The number of aliphatic hydroxyl groups excluding tert-OH is 1. The molecule has 1 aliphatic heterocycles. The summed E-state index contributed by atoms with van der Waals surface area (Å²) in [5.74, 6) is 0.526. The highest BCUT2D eigenvalue weighted by Gasteiger charge is 2.29. The molecule has 0 radical (unpaired) electrons. The van der Waals surface area contributed by atoms with Crippen molar-refractivity contribution in [3.05, 3.63) is 35.9 Å². The van der Waals surface area contributed by atoms with Crippen LogP contribution in [-0.2, 0) is 16.1 Å². The van der Waals surface area contributed by atoms with Gasteiger partial charge in [0.2, 0.25) is 5.91 Å². The van der Waals surface area contributed by atoms with Gasteiger partial charge in [-0.2, -0.15) is 0 Å². The van der Waals surface area contributed by atoms with Crippen LogP contribution in [0.15, 0.2) is 30.3 Å². The van der Waals surface area contributed by atoms with Gasteiger partial charge in [0.1, 0.15) is 6.61 Å². The number of amides is 2. The smallest absolute Gasteiger partial charge is 0.407 e. The van der Waals surface area contributed by atoms with Gasteiger partial charge in [-0.25, -0.2) is 4.79 Å². The normalized spacial score (nSPS) is 21.1. The van der Waals surface area contributed by atoms with Crippen molar-refractivity contribution < 1.29 is 19.4 Å². The molecule has 1 saturated heterocycles. The molecule has 0 aromatic heterocycles. The van der Waals surface area contributed by atoms with Crippen LogP contribution < -0.4 is 16.4 Å². The van der Waals surface area contributed by atoms with E-state index in [0.29, 0.717) is 37.8 Å². The van der Waals surface area contributed by atoms with Gasteiger partial charge in [-0.3, -0.25) is 9.69 Å². The first kappa shape index (κ1) is 28.1. The Morgan fingerprint density at radius 2 is 1.82 bits per heavy atom. The van der Waals surface area contributed by atoms with E-state index in [1.54, 1.807) is 0 Å². The first-order valence-electron chi connectivity index (χ1n) is 12.6. The third-order valence-corrected chi connectivity index (χ3v) is 6.06. The van der Waals surface area contributed by atoms with Crippen LogP contribution in [0.4, 0.5) is 4.79 Å². The quantitative estimate of drug-likeness (QED) is 0.390. The predicted octanol–water partition coefficient (Wildman–Crippen LogP) is 2.64. The van der Waals surface area contributed by atoms with Crippen LogP contribution in [0.5, 0.6) is 0 Å². The number of carbonyl (C=O) groups excluding carboxylic acids is 2. The zero-order valence-electron chi connectivity index (χ0n) is 21.2. The molecule has 2 rings (SSSR count). The summed E-state index contributed by atoms with van der Waals surface area (Å²) in [5.41, 5.74) is 6.95. The molecule has 1 fully saturated rings. The maximum Gasteiger partial charge on any atom is 0.407 e. The van der Waals surface area contributed by atoms with Gasteiger partial charge in [-0.15, -0.1) is 0 Å². The number of carbonyl (C=O) groups is 2. The van der Waals surface area contributed by atoms with E-state index in [0.717, 1.165) is 24.9 Å². The van der Waals surface area contributed by atoms with Crippen LogP contribution in [0, 0.1) is 11.8 Å². The average molecular weight is 477 g/mol. The summed E-state index contributed by atoms with van der Waals surface area (Å²) in [4.78, 5) is 27.0. The molecular weight excluding hydrogens is 432 g/mol. The Morgan fingerprint density at radius 1 is 1.15 bits per heavy atom. The minimum absolute atomic E-state index is 0.0962. The lowest BCUT2D eigenvalue weighted by Crippen LogP contribution is -2.52. The molecule has 2 amide bonds. The van der Waals surface area contributed by atoms with Crippen LogP contribution in [0.3, 0.4) is 0 Å². The largest absolute Gasteiger partial charge is 0.445 e. The van der Waals surface area contributed by atoms with Gasteiger partial charge < -0.3 is 26.2 Å². The molecule has 4 atom stereocenters. The van der Waals surface area contributed by atoms with E-state index in [1.807, 2.05) is 44.2 Å². The number of rotatable bonds is 11. The van der Waals surface area contributed by atoms with Crippen molar-refractivity contribution in [3.8, 4) is 0 Å². The fourth-order valence-electron chi connectivity index (χ4n) is 4.44. The number of nitrogens with two attached hydrogens (primary N) is 1. The first-order chi connectivity index (χ1) is 16.1. The van der Waals surface area contributed by atoms with Crippen molar-refractivity contribution in [2.24, 2.45) is 17.6 Å². The van der Waals surface area contributed by atoms with Gasteiger partial charge in [0.15, 0.2) is 0 Å². The number of hydrogen-bond acceptors (Lipinski definition) is 6. The summed E-state index contributed by atoms with van der Waals surface area (Å²) >= 11 is 0. The van der Waals surface area contributed by atoms with Crippen molar-refractivity contribution in [2.75, 3.05) is 19.6 Å². The Balaban J connectivity index is 1.88. The van der Waals surface area contributed by atoms with Gasteiger partial charge in [-0.05, 0) is 49.6 Å². The Hall–Kier alpha value is -2.16. The zero-order valence-corrected chi connectivity index (χ0v) is 21.2. The fraction of sp³-hybridized carbons (Fsp3) is 0.692. The number of ether oxygens (including phenoxy) is 1. The van der Waals surface area contributed by atoms with Gasteiger partial charge in [0.25, 0.3) is 0 Å². The minimum Gasteiger partial charge on any atom is -0.445 e. The molecule has 3 unspecified atom stereocenters. The Kier molecular flexibility index (Phi) is 11.8. The van der Waals surface area contributed by atoms with Gasteiger partial charge in [0, 0.05) is 19.1 Å². The summed E-state index contributed by atoms with van der Waals surface area (Å²) in [7, 11) is 0. The molecule has 8 nitrogen and oxygen atoms in total. The van der Waals surface area contributed by atoms with Crippen molar-refractivity contribution in [1.29, 1.82) is 0 Å². The van der Waals surface area contributed by atoms with Gasteiger partial charge >= 0.3 is 6.09 Å². The van der Waals surface area contributed by atoms with Crippen molar-refractivity contribution >= 4 is 12.0 Å². The highest BCUT2D eigenvalue weighted by Crippen LogP contribution is 2.15. The molecule has 0 spiro atoms. The summed E-state index contributed by atoms with van der Waals surface area (Å²) < 4.78 is 5.41. The Labute approximate surface area is 204 Å². The number of β-amino-alcohol motifs (C(OH)–C–C–N with tert-alkyl or cyclic N) is 1. The zero-order chi connectivity index (χ0) is 25.1. The standard InChI is InChI=1S/C26H44N4O4/c1-18(2)13-21(28-26(33)34-17-20-9-6-5-7-10-20)15-30-12-8-11-23(24(31)16-30)29-25(32)22(27)14-19(3)4/h5-7,9-10,18-19,21-24,31H,8,11-17,27H2,1-4H3,(H,28,33)(H,29,32)/t21-,22?,23?,24?/m0/s1. The molecule has 192 valence electrons. The van der Waals surface area contributed by atoms with Crippen LogP contribution in [0.2, 0.25) is 0 Å². The van der Waals surface area contributed by atoms with E-state index in [-0.39, 0.29) is 24.6 Å². The number of benzene rings is 1. The molecule has 0 saturated carbocycles. The van der Waals surface area contributed by atoms with Crippen LogP contribution in [0.25, 0.3) is 0 Å². The van der Waals surface area contributed by atoms with Crippen LogP contribution in [0.1, 0.15) is 58.9 Å². The SMILES string of the molecule is CC(C)CC(N)C(=O)NC1CCCN(C[C@H](CC(C)C)NC(=O)OCc2ccccc2)CC1O. The lowest BCUT2D eigenvalue weighted by Gasteiger charge is -2.30. The summed E-state index contributed by atoms with van der Waals surface area (Å²) in [6.07, 6.45) is 1.82. The number of alkyl carbamates (subject to hydrolysis) is 1. The molecular formula is C26H44N4O4. The average Bonchev–Trinajstić information content (AvgIpc) is 2.92. The van der Waals surface area contributed by atoms with Crippen molar-refractivity contribution in [2.45, 2.75) is 84.2 Å². The summed E-state index contributed by atoms with van der Waals surface area (Å²) in [6, 6.07) is 8.61. The highest BCUT2D eigenvalue weighted by atomic mass is 16.5. The molecule has 0 aliphatic carbocycles. The molecule has 1 aromatic carbocycles. The second-order valence-electron chi connectivity index (χ2n) is 10.4. The molecule has 0 bridgehead atoms. The molecule has 1 aliphatic rings. The topological polar surface area (TPSA) is 117 Å². The third kappa shape index (κ3) is 10.4. The number of nitrogens with zero attached hydrogens (tertiary/aromatic N) is 1. The minimum atomic E-state index is -0.692. The van der Waals surface area contributed by atoms with Gasteiger partial charge in [-0.1, -0.05) is 58.0 Å². The van der Waals surface area contributed by atoms with Crippen LogP contribution >= 0.6 is 0 Å². The second kappa shape index (κ2) is 14.3. The summed E-state index contributed by atoms with van der Waals surface area (Å²) in [5, 5.41) is 16.8. The Bertz CT molecular complexity index is 744. The molecule has 34 heavy (non-hydrogen) atoms. The fourth-order valence-corrected chi connectivity index (χ4v) is 4.44. The van der Waals surface area contributed by atoms with Crippen molar-refractivity contribution in [3.63, 3.8) is 0 Å². The number of nitrogens with one attached hydrogen (secondary N) is 2. The monoisotopic (exact) mass is 476 g/mol.